The smallest absolute Gasteiger partial charge is 0.343 e. The van der Waals surface area contributed by atoms with Crippen molar-refractivity contribution in [2.45, 2.75) is 58.3 Å². The average Bonchev–Trinajstić information content (AvgIpc) is 2.69. The Morgan fingerprint density at radius 1 is 0.778 bits per heavy atom. The maximum atomic E-state index is 12.2. The lowest BCUT2D eigenvalue weighted by atomic mass is 10.1. The largest absolute Gasteiger partial charge is 0.494 e. The second-order valence-corrected chi connectivity index (χ2v) is 7.94. The van der Waals surface area contributed by atoms with Crippen LogP contribution in [0.2, 0.25) is 0 Å². The van der Waals surface area contributed by atoms with E-state index in [1.54, 1.807) is 24.3 Å². The molecule has 0 bridgehead atoms. The van der Waals surface area contributed by atoms with Gasteiger partial charge in [0.1, 0.15) is 11.5 Å². The number of hydrogen-bond acceptors (Lipinski definition) is 3. The van der Waals surface area contributed by atoms with E-state index >= 15 is 0 Å². The Balaban J connectivity index is 1.64. The van der Waals surface area contributed by atoms with Gasteiger partial charge in [0.05, 0.1) is 12.2 Å². The van der Waals surface area contributed by atoms with Crippen LogP contribution in [0.3, 0.4) is 0 Å². The van der Waals surface area contributed by atoms with E-state index in [4.69, 9.17) is 9.47 Å². The third-order valence-electron chi connectivity index (χ3n) is 4.38. The number of carbonyl (C=O) groups is 1. The van der Waals surface area contributed by atoms with Crippen LogP contribution >= 0.6 is 22.6 Å². The van der Waals surface area contributed by atoms with E-state index in [0.717, 1.165) is 22.3 Å². The summed E-state index contributed by atoms with van der Waals surface area (Å²) < 4.78 is 12.2. The van der Waals surface area contributed by atoms with Gasteiger partial charge in [0.2, 0.25) is 0 Å². The third kappa shape index (κ3) is 8.78. The maximum absolute atomic E-state index is 12.2. The molecule has 0 fully saturated rings. The quantitative estimate of drug-likeness (QED) is 0.142. The first-order valence-corrected chi connectivity index (χ1v) is 11.0. The maximum Gasteiger partial charge on any atom is 0.343 e. The predicted molar refractivity (Wildman–Crippen MR) is 119 cm³/mol. The minimum Gasteiger partial charge on any atom is -0.494 e. The van der Waals surface area contributed by atoms with Crippen LogP contribution in [-0.4, -0.2) is 12.6 Å². The Labute approximate surface area is 176 Å². The van der Waals surface area contributed by atoms with Crippen molar-refractivity contribution in [1.82, 2.24) is 0 Å². The zero-order chi connectivity index (χ0) is 19.3. The van der Waals surface area contributed by atoms with Crippen molar-refractivity contribution in [3.63, 3.8) is 0 Å². The minimum absolute atomic E-state index is 0.356. The van der Waals surface area contributed by atoms with Gasteiger partial charge in [-0.3, -0.25) is 0 Å². The molecule has 2 aromatic rings. The van der Waals surface area contributed by atoms with E-state index in [2.05, 4.69) is 29.5 Å². The first-order valence-electron chi connectivity index (χ1n) is 9.89. The van der Waals surface area contributed by atoms with Gasteiger partial charge in [0.15, 0.2) is 0 Å². The summed E-state index contributed by atoms with van der Waals surface area (Å²) in [6.45, 7) is 2.97. The van der Waals surface area contributed by atoms with Gasteiger partial charge in [-0.15, -0.1) is 0 Å². The molecule has 2 aromatic carbocycles. The van der Waals surface area contributed by atoms with E-state index < -0.39 is 0 Å². The summed E-state index contributed by atoms with van der Waals surface area (Å²) in [7, 11) is 0. The van der Waals surface area contributed by atoms with Crippen molar-refractivity contribution in [1.29, 1.82) is 0 Å². The Morgan fingerprint density at radius 3 is 1.96 bits per heavy atom. The van der Waals surface area contributed by atoms with Crippen molar-refractivity contribution >= 4 is 28.6 Å². The zero-order valence-corrected chi connectivity index (χ0v) is 18.2. The van der Waals surface area contributed by atoms with E-state index in [9.17, 15) is 4.79 Å². The monoisotopic (exact) mass is 480 g/mol. The van der Waals surface area contributed by atoms with E-state index in [1.165, 1.54) is 44.9 Å². The highest BCUT2D eigenvalue weighted by atomic mass is 127. The van der Waals surface area contributed by atoms with Gasteiger partial charge in [-0.25, -0.2) is 4.79 Å². The van der Waals surface area contributed by atoms with Gasteiger partial charge in [0, 0.05) is 3.57 Å². The molecule has 0 atom stereocenters. The summed E-state index contributed by atoms with van der Waals surface area (Å²) >= 11 is 2.22. The fourth-order valence-corrected chi connectivity index (χ4v) is 3.14. The molecule has 0 amide bonds. The summed E-state index contributed by atoms with van der Waals surface area (Å²) in [6, 6.07) is 14.6. The Morgan fingerprint density at radius 2 is 1.33 bits per heavy atom. The van der Waals surface area contributed by atoms with Gasteiger partial charge in [0.25, 0.3) is 0 Å². The number of halogens is 1. The van der Waals surface area contributed by atoms with E-state index in [-0.39, 0.29) is 5.97 Å². The number of esters is 1. The molecule has 0 heterocycles. The topological polar surface area (TPSA) is 35.5 Å². The number of ether oxygens (including phenoxy) is 2. The second-order valence-electron chi connectivity index (χ2n) is 6.69. The molecule has 0 saturated heterocycles. The van der Waals surface area contributed by atoms with Crippen LogP contribution in [0.15, 0.2) is 48.5 Å². The Hall–Kier alpha value is -1.56. The first-order chi connectivity index (χ1) is 13.2. The summed E-state index contributed by atoms with van der Waals surface area (Å²) in [5.74, 6) is 0.991. The van der Waals surface area contributed by atoms with Crippen molar-refractivity contribution in [3.8, 4) is 11.5 Å². The van der Waals surface area contributed by atoms with Gasteiger partial charge in [-0.05, 0) is 77.5 Å². The molecule has 0 spiro atoms. The fraction of sp³-hybridized carbons (Fsp3) is 0.435. The predicted octanol–water partition coefficient (Wildman–Crippen LogP) is 7.03. The molecule has 146 valence electrons. The van der Waals surface area contributed by atoms with Gasteiger partial charge >= 0.3 is 5.97 Å². The van der Waals surface area contributed by atoms with Crippen molar-refractivity contribution in [2.75, 3.05) is 6.61 Å². The molecule has 4 heteroatoms. The van der Waals surface area contributed by atoms with Gasteiger partial charge in [-0.1, -0.05) is 51.9 Å². The molecule has 0 aliphatic rings. The highest BCUT2D eigenvalue weighted by molar-refractivity contribution is 14.1. The molecule has 0 saturated carbocycles. The SMILES string of the molecule is CCCCCCCCCCOc1ccc(C(=O)Oc2ccc(I)cc2)cc1. The molecule has 3 nitrogen and oxygen atoms in total. The Bertz CT molecular complexity index is 665. The molecule has 0 unspecified atom stereocenters. The average molecular weight is 480 g/mol. The molecule has 0 radical (unpaired) electrons. The highest BCUT2D eigenvalue weighted by Gasteiger charge is 2.08. The van der Waals surface area contributed by atoms with Crippen LogP contribution in [0.5, 0.6) is 11.5 Å². The lowest BCUT2D eigenvalue weighted by Crippen LogP contribution is -2.08. The van der Waals surface area contributed by atoms with Gasteiger partial charge in [-0.2, -0.15) is 0 Å². The van der Waals surface area contributed by atoms with Crippen molar-refractivity contribution in [3.05, 3.63) is 57.7 Å². The zero-order valence-electron chi connectivity index (χ0n) is 16.1. The van der Waals surface area contributed by atoms with Crippen molar-refractivity contribution < 1.29 is 14.3 Å². The number of hydrogen-bond donors (Lipinski definition) is 0. The van der Waals surface area contributed by atoms with Crippen LogP contribution in [0.25, 0.3) is 0 Å². The second kappa shape index (κ2) is 12.8. The van der Waals surface area contributed by atoms with Crippen LogP contribution in [0, 0.1) is 3.57 Å². The number of benzene rings is 2. The van der Waals surface area contributed by atoms with E-state index in [1.807, 2.05) is 24.3 Å². The van der Waals surface area contributed by atoms with Crippen molar-refractivity contribution in [2.24, 2.45) is 0 Å². The summed E-state index contributed by atoms with van der Waals surface area (Å²) in [4.78, 5) is 12.2. The lowest BCUT2D eigenvalue weighted by molar-refractivity contribution is 0.0734. The minimum atomic E-state index is -0.356. The molecule has 2 rings (SSSR count). The lowest BCUT2D eigenvalue weighted by Gasteiger charge is -2.08. The molecular weight excluding hydrogens is 451 g/mol. The highest BCUT2D eigenvalue weighted by Crippen LogP contribution is 2.18. The number of carbonyl (C=O) groups excluding carboxylic acids is 1. The van der Waals surface area contributed by atoms with Crippen LogP contribution in [0.4, 0.5) is 0 Å². The first kappa shape index (κ1) is 21.7. The number of unbranched alkanes of at least 4 members (excludes halogenated alkanes) is 7. The summed E-state index contributed by atoms with van der Waals surface area (Å²) in [6.07, 6.45) is 10.3. The molecule has 0 aromatic heterocycles. The molecule has 0 N–H and O–H groups in total. The van der Waals surface area contributed by atoms with Crippen LogP contribution < -0.4 is 9.47 Å². The third-order valence-corrected chi connectivity index (χ3v) is 5.10. The Kier molecular flexibility index (Phi) is 10.3. The van der Waals surface area contributed by atoms with Crippen LogP contribution in [-0.2, 0) is 0 Å². The standard InChI is InChI=1S/C23H29IO3/c1-2-3-4-5-6-7-8-9-18-26-21-14-10-19(11-15-21)23(25)27-22-16-12-20(24)13-17-22/h10-17H,2-9,18H2,1H3. The molecule has 0 aliphatic carbocycles. The summed E-state index contributed by atoms with van der Waals surface area (Å²) in [5.41, 5.74) is 0.521. The molecular formula is C23H29IO3. The molecule has 27 heavy (non-hydrogen) atoms. The van der Waals surface area contributed by atoms with Gasteiger partial charge < -0.3 is 9.47 Å². The normalized spacial score (nSPS) is 10.6. The fourth-order valence-electron chi connectivity index (χ4n) is 2.78. The molecule has 0 aliphatic heterocycles. The summed E-state index contributed by atoms with van der Waals surface area (Å²) in [5, 5.41) is 0. The number of rotatable bonds is 12. The van der Waals surface area contributed by atoms with E-state index in [0.29, 0.717) is 11.3 Å². The van der Waals surface area contributed by atoms with Crippen LogP contribution in [0.1, 0.15) is 68.6 Å².